The molecule has 0 bridgehead atoms. The zero-order chi connectivity index (χ0) is 11.5. The lowest BCUT2D eigenvalue weighted by molar-refractivity contribution is 0.404. The van der Waals surface area contributed by atoms with E-state index in [1.165, 1.54) is 13.2 Å². The van der Waals surface area contributed by atoms with Crippen molar-refractivity contribution in [2.45, 2.75) is 6.42 Å². The highest BCUT2D eigenvalue weighted by atomic mass is 19.2. The molecule has 4 heteroatoms. The van der Waals surface area contributed by atoms with Crippen LogP contribution in [-0.4, -0.2) is 20.2 Å². The summed E-state index contributed by atoms with van der Waals surface area (Å²) in [5.41, 5.74) is 1.05. The lowest BCUT2D eigenvalue weighted by Crippen LogP contribution is -2.20. The first-order valence-electron chi connectivity index (χ1n) is 5.16. The van der Waals surface area contributed by atoms with Crippen molar-refractivity contribution in [1.82, 2.24) is 5.32 Å². The first kappa shape index (κ1) is 11.1. The largest absolute Gasteiger partial charge is 0.496 e. The van der Waals surface area contributed by atoms with E-state index >= 15 is 0 Å². The number of ether oxygens (including phenoxy) is 1. The van der Waals surface area contributed by atoms with Crippen LogP contribution in [-0.2, 0) is 0 Å². The minimum Gasteiger partial charge on any atom is -0.496 e. The normalized spacial score (nSPS) is 15.8. The van der Waals surface area contributed by atoms with Crippen molar-refractivity contribution in [3.8, 4) is 5.75 Å². The third kappa shape index (κ3) is 1.93. The molecule has 1 aromatic rings. The Morgan fingerprint density at radius 1 is 1.31 bits per heavy atom. The van der Waals surface area contributed by atoms with Gasteiger partial charge in [0.05, 0.1) is 12.7 Å². The van der Waals surface area contributed by atoms with Crippen LogP contribution in [0.4, 0.5) is 8.78 Å². The van der Waals surface area contributed by atoms with Crippen molar-refractivity contribution in [3.05, 3.63) is 35.4 Å². The van der Waals surface area contributed by atoms with Crippen LogP contribution in [0.2, 0.25) is 0 Å². The van der Waals surface area contributed by atoms with Crippen molar-refractivity contribution in [1.29, 1.82) is 0 Å². The number of methoxy groups -OCH3 is 1. The van der Waals surface area contributed by atoms with E-state index in [-0.39, 0.29) is 5.56 Å². The highest BCUT2D eigenvalue weighted by Gasteiger charge is 2.18. The van der Waals surface area contributed by atoms with Gasteiger partial charge in [-0.15, -0.1) is 0 Å². The van der Waals surface area contributed by atoms with Crippen LogP contribution >= 0.6 is 0 Å². The second-order valence-electron chi connectivity index (χ2n) is 3.62. The Balaban J connectivity index is 2.52. The maximum absolute atomic E-state index is 13.7. The van der Waals surface area contributed by atoms with Gasteiger partial charge < -0.3 is 10.1 Å². The van der Waals surface area contributed by atoms with Crippen molar-refractivity contribution in [2.24, 2.45) is 0 Å². The van der Waals surface area contributed by atoms with Crippen LogP contribution in [0.5, 0.6) is 5.75 Å². The molecule has 86 valence electrons. The fourth-order valence-electron chi connectivity index (χ4n) is 1.85. The van der Waals surface area contributed by atoms with Gasteiger partial charge in [-0.25, -0.2) is 8.78 Å². The molecule has 0 spiro atoms. The predicted octanol–water partition coefficient (Wildman–Crippen LogP) is 2.35. The summed E-state index contributed by atoms with van der Waals surface area (Å²) in [7, 11) is 1.46. The van der Waals surface area contributed by atoms with E-state index in [1.807, 2.05) is 6.08 Å². The second kappa shape index (κ2) is 4.61. The van der Waals surface area contributed by atoms with Crippen molar-refractivity contribution in [3.63, 3.8) is 0 Å². The van der Waals surface area contributed by atoms with Gasteiger partial charge in [-0.2, -0.15) is 0 Å². The van der Waals surface area contributed by atoms with Crippen LogP contribution in [0.3, 0.4) is 0 Å². The Labute approximate surface area is 92.9 Å². The predicted molar refractivity (Wildman–Crippen MR) is 58.4 cm³/mol. The fraction of sp³-hybridized carbons (Fsp3) is 0.333. The van der Waals surface area contributed by atoms with E-state index in [0.717, 1.165) is 18.2 Å². The molecule has 0 saturated heterocycles. The zero-order valence-corrected chi connectivity index (χ0v) is 9.02. The van der Waals surface area contributed by atoms with E-state index in [1.54, 1.807) is 0 Å². The molecule has 0 aromatic heterocycles. The fourth-order valence-corrected chi connectivity index (χ4v) is 1.85. The molecule has 0 amide bonds. The number of rotatable bonds is 2. The third-order valence-corrected chi connectivity index (χ3v) is 2.66. The summed E-state index contributed by atoms with van der Waals surface area (Å²) in [6.07, 6.45) is 2.54. The standard InChI is InChI=1S/C12H13F2NO/c1-16-10-3-2-9(13)12(14)11(10)8-4-6-15-7-5-8/h2-4,15H,5-7H2,1H3. The summed E-state index contributed by atoms with van der Waals surface area (Å²) in [6, 6.07) is 2.54. The average molecular weight is 225 g/mol. The van der Waals surface area contributed by atoms with Crippen molar-refractivity contribution in [2.75, 3.05) is 20.2 Å². The molecule has 0 atom stereocenters. The molecule has 1 aliphatic heterocycles. The van der Waals surface area contributed by atoms with E-state index < -0.39 is 11.6 Å². The Kier molecular flexibility index (Phi) is 3.19. The topological polar surface area (TPSA) is 21.3 Å². The van der Waals surface area contributed by atoms with Crippen molar-refractivity contribution < 1.29 is 13.5 Å². The summed E-state index contributed by atoms with van der Waals surface area (Å²) < 4.78 is 32.0. The molecule has 0 fully saturated rings. The molecule has 2 rings (SSSR count). The minimum atomic E-state index is -0.838. The molecule has 16 heavy (non-hydrogen) atoms. The number of hydrogen-bond donors (Lipinski definition) is 1. The lowest BCUT2D eigenvalue weighted by atomic mass is 9.98. The summed E-state index contributed by atoms with van der Waals surface area (Å²) in [5, 5.41) is 3.12. The Hall–Kier alpha value is -1.42. The number of hydrogen-bond acceptors (Lipinski definition) is 2. The average Bonchev–Trinajstić information content (AvgIpc) is 2.33. The highest BCUT2D eigenvalue weighted by molar-refractivity contribution is 5.72. The molecule has 1 heterocycles. The molecule has 0 radical (unpaired) electrons. The molecule has 0 unspecified atom stereocenters. The van der Waals surface area contributed by atoms with Gasteiger partial charge in [0.1, 0.15) is 5.75 Å². The first-order valence-corrected chi connectivity index (χ1v) is 5.16. The first-order chi connectivity index (χ1) is 7.74. The maximum atomic E-state index is 13.7. The third-order valence-electron chi connectivity index (χ3n) is 2.66. The quantitative estimate of drug-likeness (QED) is 0.834. The van der Waals surface area contributed by atoms with Crippen LogP contribution in [0, 0.1) is 11.6 Å². The van der Waals surface area contributed by atoms with Gasteiger partial charge in [0.25, 0.3) is 0 Å². The molecular weight excluding hydrogens is 212 g/mol. The Morgan fingerprint density at radius 2 is 2.12 bits per heavy atom. The van der Waals surface area contributed by atoms with Gasteiger partial charge in [-0.1, -0.05) is 6.08 Å². The van der Waals surface area contributed by atoms with E-state index in [0.29, 0.717) is 18.7 Å². The second-order valence-corrected chi connectivity index (χ2v) is 3.62. The molecule has 0 aliphatic carbocycles. The van der Waals surface area contributed by atoms with Crippen molar-refractivity contribution >= 4 is 5.57 Å². The number of benzene rings is 1. The highest BCUT2D eigenvalue weighted by Crippen LogP contribution is 2.32. The molecule has 1 N–H and O–H groups in total. The van der Waals surface area contributed by atoms with Crippen LogP contribution in [0.25, 0.3) is 5.57 Å². The maximum Gasteiger partial charge on any atom is 0.170 e. The van der Waals surface area contributed by atoms with Gasteiger partial charge in [0.2, 0.25) is 0 Å². The van der Waals surface area contributed by atoms with Gasteiger partial charge in [-0.3, -0.25) is 0 Å². The monoisotopic (exact) mass is 225 g/mol. The Morgan fingerprint density at radius 3 is 2.75 bits per heavy atom. The van der Waals surface area contributed by atoms with Crippen LogP contribution in [0.15, 0.2) is 18.2 Å². The Bertz CT molecular complexity index is 429. The van der Waals surface area contributed by atoms with Crippen LogP contribution < -0.4 is 10.1 Å². The summed E-state index contributed by atoms with van der Waals surface area (Å²) in [4.78, 5) is 0. The lowest BCUT2D eigenvalue weighted by Gasteiger charge is -2.17. The van der Waals surface area contributed by atoms with E-state index in [9.17, 15) is 8.78 Å². The van der Waals surface area contributed by atoms with Gasteiger partial charge >= 0.3 is 0 Å². The number of nitrogens with one attached hydrogen (secondary N) is 1. The SMILES string of the molecule is COc1ccc(F)c(F)c1C1=CCNCC1. The molecular formula is C12H13F2NO. The minimum absolute atomic E-state index is 0.254. The van der Waals surface area contributed by atoms with Gasteiger partial charge in [-0.05, 0) is 30.7 Å². The molecule has 0 saturated carbocycles. The summed E-state index contributed by atoms with van der Waals surface area (Å²) in [5.74, 6) is -1.28. The van der Waals surface area contributed by atoms with Crippen LogP contribution in [0.1, 0.15) is 12.0 Å². The van der Waals surface area contributed by atoms with E-state index in [2.05, 4.69) is 5.32 Å². The molecule has 2 nitrogen and oxygen atoms in total. The molecule has 1 aliphatic rings. The van der Waals surface area contributed by atoms with E-state index in [4.69, 9.17) is 4.74 Å². The van der Waals surface area contributed by atoms with Gasteiger partial charge in [0.15, 0.2) is 11.6 Å². The molecule has 1 aromatic carbocycles. The summed E-state index contributed by atoms with van der Waals surface area (Å²) in [6.45, 7) is 1.44. The number of halogens is 2. The summed E-state index contributed by atoms with van der Waals surface area (Å²) >= 11 is 0. The zero-order valence-electron chi connectivity index (χ0n) is 9.02. The van der Waals surface area contributed by atoms with Gasteiger partial charge in [0, 0.05) is 6.54 Å². The smallest absolute Gasteiger partial charge is 0.170 e.